The Morgan fingerprint density at radius 2 is 2.08 bits per heavy atom. The van der Waals surface area contributed by atoms with Gasteiger partial charge < -0.3 is 10.2 Å². The van der Waals surface area contributed by atoms with Gasteiger partial charge in [-0.25, -0.2) is 9.37 Å². The highest BCUT2D eigenvalue weighted by atomic mass is 19.4. The summed E-state index contributed by atoms with van der Waals surface area (Å²) in [5.41, 5.74) is -0.516. The molecule has 0 atom stereocenters. The van der Waals surface area contributed by atoms with Crippen molar-refractivity contribution >= 4 is 17.4 Å². The highest BCUT2D eigenvalue weighted by molar-refractivity contribution is 6.01. The first-order chi connectivity index (χ1) is 11.3. The Bertz CT molecular complexity index is 804. The summed E-state index contributed by atoms with van der Waals surface area (Å²) in [6.07, 6.45) is -3.26. The summed E-state index contributed by atoms with van der Waals surface area (Å²) in [5, 5.41) is 2.81. The van der Waals surface area contributed by atoms with Crippen LogP contribution < -0.4 is 10.2 Å². The van der Waals surface area contributed by atoms with Crippen LogP contribution >= 0.6 is 0 Å². The molecule has 0 saturated heterocycles. The topological polar surface area (TPSA) is 45.2 Å². The number of pyridine rings is 1. The van der Waals surface area contributed by atoms with E-state index in [0.717, 1.165) is 11.6 Å². The zero-order chi connectivity index (χ0) is 17.5. The SMILES string of the molecule is Cc1cnc2c(c1)N(Cc1cccc(F)c1C(F)(F)F)C(=O)CN2. The molecule has 1 aromatic carbocycles. The number of nitrogens with zero attached hydrogens (tertiary/aromatic N) is 2. The van der Waals surface area contributed by atoms with Gasteiger partial charge in [0.2, 0.25) is 5.91 Å². The third-order valence-electron chi connectivity index (χ3n) is 3.72. The fourth-order valence-electron chi connectivity index (χ4n) is 2.65. The lowest BCUT2D eigenvalue weighted by Gasteiger charge is -2.30. The Hall–Kier alpha value is -2.64. The van der Waals surface area contributed by atoms with Crippen LogP contribution in [0.5, 0.6) is 0 Å². The molecule has 3 rings (SSSR count). The highest BCUT2D eigenvalue weighted by Gasteiger charge is 2.38. The van der Waals surface area contributed by atoms with Crippen molar-refractivity contribution in [3.63, 3.8) is 0 Å². The number of benzene rings is 1. The van der Waals surface area contributed by atoms with Crippen LogP contribution in [0.25, 0.3) is 0 Å². The van der Waals surface area contributed by atoms with Gasteiger partial charge in [-0.05, 0) is 30.2 Å². The van der Waals surface area contributed by atoms with Crippen LogP contribution in [0.2, 0.25) is 0 Å². The van der Waals surface area contributed by atoms with Crippen molar-refractivity contribution < 1.29 is 22.4 Å². The second-order valence-corrected chi connectivity index (χ2v) is 5.49. The van der Waals surface area contributed by atoms with E-state index in [4.69, 9.17) is 0 Å². The van der Waals surface area contributed by atoms with Crippen LogP contribution in [0.4, 0.5) is 29.1 Å². The second kappa shape index (κ2) is 5.77. The number of aryl methyl sites for hydroxylation is 1. The number of rotatable bonds is 2. The fraction of sp³-hybridized carbons (Fsp3) is 0.250. The average molecular weight is 339 g/mol. The van der Waals surface area contributed by atoms with E-state index < -0.39 is 23.5 Å². The average Bonchev–Trinajstić information content (AvgIpc) is 2.49. The second-order valence-electron chi connectivity index (χ2n) is 5.49. The summed E-state index contributed by atoms with van der Waals surface area (Å²) in [6, 6.07) is 4.77. The molecule has 0 spiro atoms. The van der Waals surface area contributed by atoms with Crippen molar-refractivity contribution in [2.24, 2.45) is 0 Å². The summed E-state index contributed by atoms with van der Waals surface area (Å²) in [6.45, 7) is 1.29. The van der Waals surface area contributed by atoms with Crippen LogP contribution in [-0.4, -0.2) is 17.4 Å². The zero-order valence-corrected chi connectivity index (χ0v) is 12.6. The van der Waals surface area contributed by atoms with E-state index in [9.17, 15) is 22.4 Å². The van der Waals surface area contributed by atoms with Crippen molar-refractivity contribution in [1.29, 1.82) is 0 Å². The molecular weight excluding hydrogens is 326 g/mol. The van der Waals surface area contributed by atoms with Crippen molar-refractivity contribution in [2.45, 2.75) is 19.6 Å². The van der Waals surface area contributed by atoms with E-state index in [2.05, 4.69) is 10.3 Å². The maximum Gasteiger partial charge on any atom is 0.419 e. The smallest absolute Gasteiger partial charge is 0.359 e. The summed E-state index contributed by atoms with van der Waals surface area (Å²) >= 11 is 0. The Balaban J connectivity index is 2.05. The first-order valence-electron chi connectivity index (χ1n) is 7.13. The Morgan fingerprint density at radius 1 is 1.33 bits per heavy atom. The molecule has 24 heavy (non-hydrogen) atoms. The Labute approximate surface area is 135 Å². The summed E-state index contributed by atoms with van der Waals surface area (Å²) in [7, 11) is 0. The molecule has 0 unspecified atom stereocenters. The standard InChI is InChI=1S/C16H13F4N3O/c1-9-5-12-15(21-6-9)22-7-13(24)23(12)8-10-3-2-4-11(17)14(10)16(18,19)20/h2-6H,7-8H2,1H3,(H,21,22). The van der Waals surface area contributed by atoms with Crippen LogP contribution in [0.3, 0.4) is 0 Å². The molecule has 1 aliphatic rings. The largest absolute Gasteiger partial charge is 0.419 e. The molecule has 0 radical (unpaired) electrons. The Kier molecular flexibility index (Phi) is 3.90. The molecule has 0 saturated carbocycles. The molecule has 1 N–H and O–H groups in total. The predicted octanol–water partition coefficient (Wildman–Crippen LogP) is 3.51. The number of amides is 1. The van der Waals surface area contributed by atoms with Crippen LogP contribution in [-0.2, 0) is 17.5 Å². The van der Waals surface area contributed by atoms with Gasteiger partial charge in [0.1, 0.15) is 11.6 Å². The fourth-order valence-corrected chi connectivity index (χ4v) is 2.65. The van der Waals surface area contributed by atoms with Gasteiger partial charge in [-0.3, -0.25) is 4.79 Å². The molecular formula is C16H13F4N3O. The number of nitrogens with one attached hydrogen (secondary N) is 1. The van der Waals surface area contributed by atoms with Crippen molar-refractivity contribution in [3.05, 3.63) is 53.0 Å². The maximum atomic E-state index is 13.7. The van der Waals surface area contributed by atoms with Gasteiger partial charge in [0.15, 0.2) is 0 Å². The van der Waals surface area contributed by atoms with Crippen LogP contribution in [0.15, 0.2) is 30.5 Å². The molecule has 1 aliphatic heterocycles. The first-order valence-corrected chi connectivity index (χ1v) is 7.13. The zero-order valence-electron chi connectivity index (χ0n) is 12.6. The predicted molar refractivity (Wildman–Crippen MR) is 80.1 cm³/mol. The molecule has 0 bridgehead atoms. The van der Waals surface area contributed by atoms with Crippen molar-refractivity contribution in [2.75, 3.05) is 16.8 Å². The number of hydrogen-bond donors (Lipinski definition) is 1. The van der Waals surface area contributed by atoms with Gasteiger partial charge in [0, 0.05) is 6.20 Å². The molecule has 2 aromatic rings. The molecule has 126 valence electrons. The molecule has 2 heterocycles. The number of halogens is 4. The van der Waals surface area contributed by atoms with Crippen LogP contribution in [0, 0.1) is 12.7 Å². The highest BCUT2D eigenvalue weighted by Crippen LogP contribution is 2.36. The van der Waals surface area contributed by atoms with Crippen molar-refractivity contribution in [3.8, 4) is 0 Å². The first kappa shape index (κ1) is 16.2. The van der Waals surface area contributed by atoms with Crippen LogP contribution in [0.1, 0.15) is 16.7 Å². The number of anilines is 2. The number of carbonyl (C=O) groups excluding carboxylic acids is 1. The number of aromatic nitrogens is 1. The minimum Gasteiger partial charge on any atom is -0.359 e. The van der Waals surface area contributed by atoms with E-state index in [1.165, 1.54) is 17.0 Å². The van der Waals surface area contributed by atoms with Gasteiger partial charge in [0.05, 0.1) is 24.3 Å². The van der Waals surface area contributed by atoms with Crippen molar-refractivity contribution in [1.82, 2.24) is 4.98 Å². The number of carbonyl (C=O) groups is 1. The lowest BCUT2D eigenvalue weighted by Crippen LogP contribution is -2.40. The minimum absolute atomic E-state index is 0.0836. The van der Waals surface area contributed by atoms with Gasteiger partial charge in [-0.2, -0.15) is 13.2 Å². The summed E-state index contributed by atoms with van der Waals surface area (Å²) < 4.78 is 53.2. The number of alkyl halides is 3. The molecule has 0 fully saturated rings. The molecule has 1 amide bonds. The normalized spacial score (nSPS) is 14.4. The summed E-state index contributed by atoms with van der Waals surface area (Å²) in [4.78, 5) is 17.5. The van der Waals surface area contributed by atoms with E-state index in [0.29, 0.717) is 11.5 Å². The lowest BCUT2D eigenvalue weighted by molar-refractivity contribution is -0.140. The Morgan fingerprint density at radius 3 is 2.79 bits per heavy atom. The number of hydrogen-bond acceptors (Lipinski definition) is 3. The van der Waals surface area contributed by atoms with E-state index >= 15 is 0 Å². The monoisotopic (exact) mass is 339 g/mol. The molecule has 4 nitrogen and oxygen atoms in total. The van der Waals surface area contributed by atoms with E-state index in [-0.39, 0.29) is 18.7 Å². The van der Waals surface area contributed by atoms with Gasteiger partial charge in [-0.1, -0.05) is 12.1 Å². The number of fused-ring (bicyclic) bond motifs is 1. The quantitative estimate of drug-likeness (QED) is 0.852. The maximum absolute atomic E-state index is 13.7. The molecule has 0 aliphatic carbocycles. The third kappa shape index (κ3) is 2.91. The minimum atomic E-state index is -4.84. The third-order valence-corrected chi connectivity index (χ3v) is 3.72. The molecule has 1 aromatic heterocycles. The van der Waals surface area contributed by atoms with E-state index in [1.54, 1.807) is 19.2 Å². The molecule has 8 heteroatoms. The lowest BCUT2D eigenvalue weighted by atomic mass is 10.0. The van der Waals surface area contributed by atoms with Gasteiger partial charge >= 0.3 is 6.18 Å². The van der Waals surface area contributed by atoms with Gasteiger partial charge in [0.25, 0.3) is 0 Å². The summed E-state index contributed by atoms with van der Waals surface area (Å²) in [5.74, 6) is -1.36. The van der Waals surface area contributed by atoms with E-state index in [1.807, 2.05) is 0 Å². The van der Waals surface area contributed by atoms with Gasteiger partial charge in [-0.15, -0.1) is 0 Å².